The van der Waals surface area contributed by atoms with Crippen molar-refractivity contribution in [2.24, 2.45) is 0 Å². The van der Waals surface area contributed by atoms with Crippen molar-refractivity contribution < 1.29 is 23.1 Å². The summed E-state index contributed by atoms with van der Waals surface area (Å²) in [6, 6.07) is 1.92. The lowest BCUT2D eigenvalue weighted by atomic mass is 10.1. The van der Waals surface area contributed by atoms with E-state index in [0.29, 0.717) is 0 Å². The summed E-state index contributed by atoms with van der Waals surface area (Å²) in [5.74, 6) is -1.76. The van der Waals surface area contributed by atoms with Crippen LogP contribution in [0.4, 0.5) is 18.9 Å². The van der Waals surface area contributed by atoms with Gasteiger partial charge in [0, 0.05) is 5.69 Å². The number of nitrogens with two attached hydrogens (primary N) is 1. The van der Waals surface area contributed by atoms with Crippen molar-refractivity contribution in [3.8, 4) is 0 Å². The molecular weight excluding hydrogens is 235 g/mol. The molecule has 0 heterocycles. The largest absolute Gasteiger partial charge is 0.478 e. The minimum Gasteiger partial charge on any atom is -0.478 e. The Labute approximate surface area is 87.3 Å². The van der Waals surface area contributed by atoms with Gasteiger partial charge in [0.1, 0.15) is 0 Å². The van der Waals surface area contributed by atoms with Gasteiger partial charge in [0.05, 0.1) is 16.1 Å². The number of hydrogen-bond acceptors (Lipinski definition) is 2. The van der Waals surface area contributed by atoms with E-state index in [2.05, 4.69) is 0 Å². The summed E-state index contributed by atoms with van der Waals surface area (Å²) in [5, 5.41) is 7.91. The van der Waals surface area contributed by atoms with E-state index >= 15 is 0 Å². The van der Waals surface area contributed by atoms with Crippen LogP contribution in [0.15, 0.2) is 12.1 Å². The molecule has 0 amide bonds. The number of benzene rings is 1. The number of carboxylic acids is 1. The van der Waals surface area contributed by atoms with Gasteiger partial charge in [0.25, 0.3) is 0 Å². The van der Waals surface area contributed by atoms with Crippen molar-refractivity contribution in [3.05, 3.63) is 28.3 Å². The summed E-state index contributed by atoms with van der Waals surface area (Å²) >= 11 is 5.29. The Hall–Kier alpha value is -1.43. The van der Waals surface area contributed by atoms with Gasteiger partial charge >= 0.3 is 12.1 Å². The number of nitrogen functional groups attached to an aromatic ring is 1. The molecule has 0 aliphatic carbocycles. The first-order valence-electron chi connectivity index (χ1n) is 3.63. The van der Waals surface area contributed by atoms with Crippen LogP contribution in [0.2, 0.25) is 5.02 Å². The summed E-state index contributed by atoms with van der Waals surface area (Å²) in [6.07, 6.45) is -4.85. The fraction of sp³-hybridized carbons (Fsp3) is 0.125. The smallest absolute Gasteiger partial charge is 0.418 e. The Kier molecular flexibility index (Phi) is 2.81. The van der Waals surface area contributed by atoms with E-state index in [1.807, 2.05) is 0 Å². The zero-order valence-corrected chi connectivity index (χ0v) is 7.86. The number of aromatic carboxylic acids is 1. The van der Waals surface area contributed by atoms with Crippen LogP contribution in [-0.2, 0) is 6.18 Å². The molecule has 0 atom stereocenters. The summed E-state index contributed by atoms with van der Waals surface area (Å²) in [6.45, 7) is 0. The lowest BCUT2D eigenvalue weighted by molar-refractivity contribution is -0.137. The summed E-state index contributed by atoms with van der Waals surface area (Å²) < 4.78 is 37.3. The fourth-order valence-corrected chi connectivity index (χ4v) is 1.37. The van der Waals surface area contributed by atoms with Crippen molar-refractivity contribution in [3.63, 3.8) is 0 Å². The molecule has 0 unspecified atom stereocenters. The van der Waals surface area contributed by atoms with Crippen molar-refractivity contribution in [2.75, 3.05) is 5.73 Å². The average molecular weight is 240 g/mol. The van der Waals surface area contributed by atoms with Crippen LogP contribution in [0.25, 0.3) is 0 Å². The zero-order valence-electron chi connectivity index (χ0n) is 7.10. The van der Waals surface area contributed by atoms with E-state index in [1.165, 1.54) is 0 Å². The molecule has 0 bridgehead atoms. The molecular formula is C8H5ClF3NO2. The number of halogens is 4. The third kappa shape index (κ3) is 2.15. The van der Waals surface area contributed by atoms with E-state index in [4.69, 9.17) is 22.4 Å². The maximum absolute atomic E-state index is 12.4. The van der Waals surface area contributed by atoms with Crippen LogP contribution in [0.1, 0.15) is 15.9 Å². The molecule has 3 N–H and O–H groups in total. The Morgan fingerprint density at radius 2 is 1.93 bits per heavy atom. The van der Waals surface area contributed by atoms with Crippen molar-refractivity contribution >= 4 is 23.3 Å². The van der Waals surface area contributed by atoms with Crippen molar-refractivity contribution in [1.29, 1.82) is 0 Å². The van der Waals surface area contributed by atoms with Gasteiger partial charge in [-0.25, -0.2) is 4.79 Å². The molecule has 15 heavy (non-hydrogen) atoms. The Morgan fingerprint density at radius 1 is 1.40 bits per heavy atom. The first-order valence-corrected chi connectivity index (χ1v) is 4.01. The number of alkyl halides is 3. The number of anilines is 1. The third-order valence-electron chi connectivity index (χ3n) is 1.68. The molecule has 0 spiro atoms. The van der Waals surface area contributed by atoms with E-state index in [-0.39, 0.29) is 0 Å². The number of hydrogen-bond donors (Lipinski definition) is 2. The molecule has 7 heteroatoms. The minimum atomic E-state index is -4.85. The fourth-order valence-electron chi connectivity index (χ4n) is 1.10. The second-order valence-electron chi connectivity index (χ2n) is 2.69. The van der Waals surface area contributed by atoms with Gasteiger partial charge in [0.15, 0.2) is 0 Å². The van der Waals surface area contributed by atoms with Crippen molar-refractivity contribution in [1.82, 2.24) is 0 Å². The van der Waals surface area contributed by atoms with Crippen molar-refractivity contribution in [2.45, 2.75) is 6.18 Å². The van der Waals surface area contributed by atoms with Crippen LogP contribution in [0.3, 0.4) is 0 Å². The van der Waals surface area contributed by atoms with E-state index in [1.54, 1.807) is 0 Å². The monoisotopic (exact) mass is 239 g/mol. The molecule has 82 valence electrons. The average Bonchev–Trinajstić information content (AvgIpc) is 2.05. The van der Waals surface area contributed by atoms with E-state index in [0.717, 1.165) is 12.1 Å². The molecule has 0 saturated heterocycles. The second kappa shape index (κ2) is 3.62. The topological polar surface area (TPSA) is 63.3 Å². The van der Waals surface area contributed by atoms with Crippen LogP contribution in [-0.4, -0.2) is 11.1 Å². The molecule has 1 aromatic carbocycles. The molecule has 0 radical (unpaired) electrons. The highest BCUT2D eigenvalue weighted by Crippen LogP contribution is 2.39. The highest BCUT2D eigenvalue weighted by molar-refractivity contribution is 6.32. The Morgan fingerprint density at radius 3 is 2.27 bits per heavy atom. The normalized spacial score (nSPS) is 11.5. The first kappa shape index (κ1) is 11.6. The third-order valence-corrected chi connectivity index (χ3v) is 2.00. The van der Waals surface area contributed by atoms with Gasteiger partial charge in [-0.3, -0.25) is 0 Å². The molecule has 0 aromatic heterocycles. The summed E-state index contributed by atoms with van der Waals surface area (Å²) in [7, 11) is 0. The van der Waals surface area contributed by atoms with Gasteiger partial charge in [-0.1, -0.05) is 11.6 Å². The maximum Gasteiger partial charge on any atom is 0.418 e. The molecule has 1 rings (SSSR count). The Balaban J connectivity index is 3.60. The predicted molar refractivity (Wildman–Crippen MR) is 47.8 cm³/mol. The maximum atomic E-state index is 12.4. The number of carboxylic acid groups (broad SMARTS) is 1. The lowest BCUT2D eigenvalue weighted by Crippen LogP contribution is -2.15. The second-order valence-corrected chi connectivity index (χ2v) is 3.10. The van der Waals surface area contributed by atoms with E-state index in [9.17, 15) is 18.0 Å². The zero-order chi connectivity index (χ0) is 11.8. The first-order chi connectivity index (χ1) is 6.75. The number of rotatable bonds is 1. The predicted octanol–water partition coefficient (Wildman–Crippen LogP) is 2.64. The lowest BCUT2D eigenvalue weighted by Gasteiger charge is -2.13. The summed E-state index contributed by atoms with van der Waals surface area (Å²) in [5.41, 5.74) is 2.24. The highest BCUT2D eigenvalue weighted by atomic mass is 35.5. The number of carbonyl (C=O) groups is 1. The van der Waals surface area contributed by atoms with Gasteiger partial charge in [-0.15, -0.1) is 0 Å². The van der Waals surface area contributed by atoms with Crippen LogP contribution in [0, 0.1) is 0 Å². The van der Waals surface area contributed by atoms with Gasteiger partial charge in [-0.05, 0) is 12.1 Å². The molecule has 1 aromatic rings. The van der Waals surface area contributed by atoms with E-state index < -0.39 is 34.0 Å². The molecule has 0 aliphatic heterocycles. The van der Waals surface area contributed by atoms with Gasteiger partial charge in [-0.2, -0.15) is 13.2 Å². The molecule has 0 fully saturated rings. The summed E-state index contributed by atoms with van der Waals surface area (Å²) in [4.78, 5) is 10.6. The standard InChI is InChI=1S/C8H5ClF3NO2/c9-3-1-2-4(13)5(7(14)15)6(3)8(10,11)12/h1-2H,13H2,(H,14,15). The molecule has 0 aliphatic rings. The van der Waals surface area contributed by atoms with Gasteiger partial charge in [0.2, 0.25) is 0 Å². The highest BCUT2D eigenvalue weighted by Gasteiger charge is 2.38. The van der Waals surface area contributed by atoms with Crippen LogP contribution in [0.5, 0.6) is 0 Å². The van der Waals surface area contributed by atoms with Crippen LogP contribution < -0.4 is 5.73 Å². The van der Waals surface area contributed by atoms with Gasteiger partial charge < -0.3 is 10.8 Å². The van der Waals surface area contributed by atoms with Crippen LogP contribution >= 0.6 is 11.6 Å². The molecule has 3 nitrogen and oxygen atoms in total. The quantitative estimate of drug-likeness (QED) is 0.741. The Bertz CT molecular complexity index is 417. The molecule has 0 saturated carbocycles. The minimum absolute atomic E-state index is 0.473. The SMILES string of the molecule is Nc1ccc(Cl)c(C(F)(F)F)c1C(=O)O.